The average Bonchev–Trinajstić information content (AvgIpc) is 3.24. The maximum Gasteiger partial charge on any atom is 0.452 e. The minimum absolute atomic E-state index is 0.0383. The van der Waals surface area contributed by atoms with Gasteiger partial charge in [0.1, 0.15) is 9.90 Å². The molecule has 0 saturated heterocycles. The molecule has 3 rings (SSSR count). The topological polar surface area (TPSA) is 72.2 Å². The van der Waals surface area contributed by atoms with Crippen LogP contribution in [0.3, 0.4) is 0 Å². The summed E-state index contributed by atoms with van der Waals surface area (Å²) in [6, 6.07) is 8.91. The van der Waals surface area contributed by atoms with E-state index in [0.717, 1.165) is 29.4 Å². The van der Waals surface area contributed by atoms with Crippen molar-refractivity contribution in [2.45, 2.75) is 23.7 Å². The van der Waals surface area contributed by atoms with Crippen LogP contribution in [-0.2, 0) is 22.6 Å². The van der Waals surface area contributed by atoms with Crippen LogP contribution in [0.5, 0.6) is 0 Å². The summed E-state index contributed by atoms with van der Waals surface area (Å²) in [5, 5.41) is 4.76. The first-order valence-corrected chi connectivity index (χ1v) is 9.80. The quantitative estimate of drug-likeness (QED) is 0.666. The highest BCUT2D eigenvalue weighted by atomic mass is 32.2. The first kappa shape index (κ1) is 18.5. The maximum absolute atomic E-state index is 12.6. The molecule has 1 N–H and O–H groups in total. The molecule has 138 valence electrons. The van der Waals surface area contributed by atoms with E-state index < -0.39 is 22.0 Å². The van der Waals surface area contributed by atoms with Gasteiger partial charge >= 0.3 is 6.18 Å². The Bertz CT molecular complexity index is 1010. The summed E-state index contributed by atoms with van der Waals surface area (Å²) >= 11 is 0.882. The Kier molecular flexibility index (Phi) is 4.80. The summed E-state index contributed by atoms with van der Waals surface area (Å²) in [4.78, 5) is 0. The molecule has 3 aromatic rings. The molecule has 0 aliphatic carbocycles. The van der Waals surface area contributed by atoms with Crippen molar-refractivity contribution < 1.29 is 26.1 Å². The Morgan fingerprint density at radius 1 is 1.19 bits per heavy atom. The van der Waals surface area contributed by atoms with Gasteiger partial charge in [0.15, 0.2) is 0 Å². The van der Waals surface area contributed by atoms with Gasteiger partial charge < -0.3 is 4.52 Å². The minimum Gasteiger partial charge on any atom is -0.351 e. The van der Waals surface area contributed by atoms with Crippen LogP contribution in [0.15, 0.2) is 50.5 Å². The predicted octanol–water partition coefficient (Wildman–Crippen LogP) is 4.79. The monoisotopic (exact) mass is 402 g/mol. The number of anilines is 1. The molecule has 0 unspecified atom stereocenters. The van der Waals surface area contributed by atoms with E-state index in [1.807, 2.05) is 19.1 Å². The van der Waals surface area contributed by atoms with Crippen LogP contribution in [0.1, 0.15) is 18.2 Å². The highest BCUT2D eigenvalue weighted by molar-refractivity contribution is 7.94. The fraction of sp³-hybridized carbons (Fsp3) is 0.188. The number of hydrogen-bond acceptors (Lipinski definition) is 5. The van der Waals surface area contributed by atoms with Crippen molar-refractivity contribution in [3.05, 3.63) is 53.1 Å². The number of benzene rings is 1. The van der Waals surface area contributed by atoms with E-state index in [1.54, 1.807) is 12.1 Å². The van der Waals surface area contributed by atoms with Gasteiger partial charge in [-0.05, 0) is 30.2 Å². The number of aryl methyl sites for hydroxylation is 1. The van der Waals surface area contributed by atoms with Gasteiger partial charge in [0.25, 0.3) is 10.0 Å². The van der Waals surface area contributed by atoms with E-state index in [4.69, 9.17) is 0 Å². The van der Waals surface area contributed by atoms with Crippen molar-refractivity contribution in [1.82, 2.24) is 5.16 Å². The van der Waals surface area contributed by atoms with Crippen molar-refractivity contribution >= 4 is 27.0 Å². The van der Waals surface area contributed by atoms with Crippen molar-refractivity contribution in [2.75, 3.05) is 4.72 Å². The smallest absolute Gasteiger partial charge is 0.351 e. The van der Waals surface area contributed by atoms with E-state index >= 15 is 0 Å². The zero-order valence-electron chi connectivity index (χ0n) is 13.4. The van der Waals surface area contributed by atoms with Crippen LogP contribution in [0, 0.1) is 0 Å². The van der Waals surface area contributed by atoms with Gasteiger partial charge in [0, 0.05) is 22.7 Å². The number of thiophene rings is 1. The van der Waals surface area contributed by atoms with Crippen molar-refractivity contribution in [1.29, 1.82) is 0 Å². The lowest BCUT2D eigenvalue weighted by Crippen LogP contribution is -2.11. The van der Waals surface area contributed by atoms with Gasteiger partial charge in [0.2, 0.25) is 5.76 Å². The second-order valence-electron chi connectivity index (χ2n) is 5.38. The lowest BCUT2D eigenvalue weighted by molar-refractivity contribution is -0.155. The van der Waals surface area contributed by atoms with Gasteiger partial charge in [-0.1, -0.05) is 24.2 Å². The molecule has 10 heteroatoms. The van der Waals surface area contributed by atoms with Crippen LogP contribution < -0.4 is 4.72 Å². The number of rotatable bonds is 5. The number of alkyl halides is 3. The molecule has 0 saturated carbocycles. The lowest BCUT2D eigenvalue weighted by atomic mass is 10.2. The van der Waals surface area contributed by atoms with Crippen LogP contribution in [0.25, 0.3) is 11.3 Å². The van der Waals surface area contributed by atoms with E-state index in [-0.39, 0.29) is 15.5 Å². The largest absolute Gasteiger partial charge is 0.452 e. The normalized spacial score (nSPS) is 12.3. The first-order chi connectivity index (χ1) is 12.2. The van der Waals surface area contributed by atoms with Crippen LogP contribution >= 0.6 is 11.3 Å². The van der Waals surface area contributed by atoms with E-state index in [9.17, 15) is 21.6 Å². The van der Waals surface area contributed by atoms with Crippen molar-refractivity contribution in [3.63, 3.8) is 0 Å². The number of hydrogen-bond donors (Lipinski definition) is 1. The second-order valence-corrected chi connectivity index (χ2v) is 8.21. The number of aromatic nitrogens is 1. The van der Waals surface area contributed by atoms with Crippen molar-refractivity contribution in [3.8, 4) is 11.3 Å². The highest BCUT2D eigenvalue weighted by Gasteiger charge is 2.36. The van der Waals surface area contributed by atoms with E-state index in [2.05, 4.69) is 14.4 Å². The Morgan fingerprint density at radius 2 is 1.88 bits per heavy atom. The molecule has 1 aromatic carbocycles. The van der Waals surface area contributed by atoms with E-state index in [1.165, 1.54) is 11.4 Å². The Hall–Kier alpha value is -2.33. The molecule has 2 aromatic heterocycles. The Morgan fingerprint density at radius 3 is 2.46 bits per heavy atom. The summed E-state index contributed by atoms with van der Waals surface area (Å²) < 4.78 is 69.3. The standard InChI is InChI=1S/C16H13F3N2O3S2/c1-2-10-3-5-12(6-4-10)21-26(22,23)15-7-11(9-25-15)13-8-14(24-20-13)16(17,18)19/h3-9,21H,2H2,1H3. The third kappa shape index (κ3) is 3.91. The molecule has 0 spiro atoms. The molecule has 0 aliphatic heterocycles. The summed E-state index contributed by atoms with van der Waals surface area (Å²) in [5.41, 5.74) is 1.62. The number of nitrogens with one attached hydrogen (secondary N) is 1. The maximum atomic E-state index is 12.6. The molecule has 0 radical (unpaired) electrons. The summed E-state index contributed by atoms with van der Waals surface area (Å²) in [7, 11) is -3.85. The highest BCUT2D eigenvalue weighted by Crippen LogP contribution is 2.34. The Labute approximate surface area is 151 Å². The average molecular weight is 402 g/mol. The molecule has 0 atom stereocenters. The molecular formula is C16H13F3N2O3S2. The molecule has 26 heavy (non-hydrogen) atoms. The third-order valence-corrected chi connectivity index (χ3v) is 6.36. The fourth-order valence-corrected chi connectivity index (χ4v) is 4.38. The first-order valence-electron chi connectivity index (χ1n) is 7.43. The van der Waals surface area contributed by atoms with Gasteiger partial charge in [-0.15, -0.1) is 11.3 Å². The fourth-order valence-electron chi connectivity index (χ4n) is 2.15. The number of sulfonamides is 1. The minimum atomic E-state index is -4.65. The molecule has 0 bridgehead atoms. The van der Waals surface area contributed by atoms with Crippen molar-refractivity contribution in [2.24, 2.45) is 0 Å². The SMILES string of the molecule is CCc1ccc(NS(=O)(=O)c2cc(-c3cc(C(F)(F)F)on3)cs2)cc1. The molecule has 5 nitrogen and oxygen atoms in total. The number of nitrogens with zero attached hydrogens (tertiary/aromatic N) is 1. The zero-order valence-corrected chi connectivity index (χ0v) is 15.0. The van der Waals surface area contributed by atoms with Crippen LogP contribution in [-0.4, -0.2) is 13.6 Å². The molecule has 0 amide bonds. The van der Waals surface area contributed by atoms with Crippen LogP contribution in [0.4, 0.5) is 18.9 Å². The predicted molar refractivity (Wildman–Crippen MR) is 91.4 cm³/mol. The molecule has 2 heterocycles. The van der Waals surface area contributed by atoms with Gasteiger partial charge in [-0.3, -0.25) is 4.72 Å². The van der Waals surface area contributed by atoms with E-state index in [0.29, 0.717) is 5.69 Å². The van der Waals surface area contributed by atoms with Gasteiger partial charge in [0.05, 0.1) is 0 Å². The Balaban J connectivity index is 1.82. The molecular weight excluding hydrogens is 389 g/mol. The zero-order chi connectivity index (χ0) is 18.9. The number of halogens is 3. The molecule has 0 aliphatic rings. The summed E-state index contributed by atoms with van der Waals surface area (Å²) in [6.07, 6.45) is -3.82. The van der Waals surface area contributed by atoms with Gasteiger partial charge in [-0.25, -0.2) is 8.42 Å². The third-order valence-electron chi connectivity index (χ3n) is 3.54. The second kappa shape index (κ2) is 6.76. The summed E-state index contributed by atoms with van der Waals surface area (Å²) in [5.74, 6) is -1.24. The molecule has 0 fully saturated rings. The summed E-state index contributed by atoms with van der Waals surface area (Å²) in [6.45, 7) is 1.99. The van der Waals surface area contributed by atoms with Gasteiger partial charge in [-0.2, -0.15) is 13.2 Å². The van der Waals surface area contributed by atoms with Crippen LogP contribution in [0.2, 0.25) is 0 Å². The lowest BCUT2D eigenvalue weighted by Gasteiger charge is -2.06.